The van der Waals surface area contributed by atoms with Crippen molar-refractivity contribution in [3.63, 3.8) is 0 Å². The van der Waals surface area contributed by atoms with Crippen LogP contribution in [0.3, 0.4) is 0 Å². The molecule has 1 aliphatic heterocycles. The Morgan fingerprint density at radius 1 is 1.56 bits per heavy atom. The number of aromatic carboxylic acids is 1. The molecule has 0 aromatic heterocycles. The SMILES string of the molecule is Nc1c(Cl)ccc(C(=O)O)c1[C@@H]1CCCN1. The number of hydrogen-bond acceptors (Lipinski definition) is 3. The molecule has 0 amide bonds. The highest BCUT2D eigenvalue weighted by Gasteiger charge is 2.25. The van der Waals surface area contributed by atoms with Gasteiger partial charge in [-0.3, -0.25) is 0 Å². The number of benzene rings is 1. The lowest BCUT2D eigenvalue weighted by molar-refractivity contribution is 0.0695. The normalized spacial score (nSPS) is 19.9. The molecule has 86 valence electrons. The van der Waals surface area contributed by atoms with Crippen molar-refractivity contribution in [1.82, 2.24) is 5.32 Å². The van der Waals surface area contributed by atoms with Gasteiger partial charge in [-0.1, -0.05) is 11.6 Å². The minimum atomic E-state index is -0.966. The van der Waals surface area contributed by atoms with Crippen molar-refractivity contribution in [3.8, 4) is 0 Å². The van der Waals surface area contributed by atoms with E-state index in [1.165, 1.54) is 12.1 Å². The molecule has 1 aromatic carbocycles. The van der Waals surface area contributed by atoms with Crippen LogP contribution in [0.25, 0.3) is 0 Å². The maximum Gasteiger partial charge on any atom is 0.336 e. The highest BCUT2D eigenvalue weighted by molar-refractivity contribution is 6.33. The number of carboxylic acids is 1. The van der Waals surface area contributed by atoms with Gasteiger partial charge in [0.25, 0.3) is 0 Å². The monoisotopic (exact) mass is 240 g/mol. The molecule has 0 spiro atoms. The second-order valence-corrected chi connectivity index (χ2v) is 4.28. The van der Waals surface area contributed by atoms with Gasteiger partial charge < -0.3 is 16.2 Å². The summed E-state index contributed by atoms with van der Waals surface area (Å²) in [6.07, 6.45) is 1.92. The van der Waals surface area contributed by atoms with Crippen molar-refractivity contribution < 1.29 is 9.90 Å². The summed E-state index contributed by atoms with van der Waals surface area (Å²) in [6.45, 7) is 0.885. The smallest absolute Gasteiger partial charge is 0.336 e. The molecular formula is C11H13ClN2O2. The van der Waals surface area contributed by atoms with Crippen LogP contribution in [0, 0.1) is 0 Å². The summed E-state index contributed by atoms with van der Waals surface area (Å²) in [6, 6.07) is 3.04. The van der Waals surface area contributed by atoms with E-state index in [0.29, 0.717) is 16.3 Å². The average Bonchev–Trinajstić information content (AvgIpc) is 2.74. The van der Waals surface area contributed by atoms with E-state index in [2.05, 4.69) is 5.32 Å². The third-order valence-electron chi connectivity index (χ3n) is 2.87. The maximum atomic E-state index is 11.1. The molecule has 1 heterocycles. The summed E-state index contributed by atoms with van der Waals surface area (Å²) in [4.78, 5) is 11.1. The minimum absolute atomic E-state index is 0.00444. The largest absolute Gasteiger partial charge is 0.478 e. The fourth-order valence-corrected chi connectivity index (χ4v) is 2.27. The van der Waals surface area contributed by atoms with E-state index in [-0.39, 0.29) is 11.6 Å². The number of carbonyl (C=O) groups is 1. The van der Waals surface area contributed by atoms with Gasteiger partial charge >= 0.3 is 5.97 Å². The van der Waals surface area contributed by atoms with Crippen LogP contribution in [0.5, 0.6) is 0 Å². The quantitative estimate of drug-likeness (QED) is 0.692. The highest BCUT2D eigenvalue weighted by Crippen LogP contribution is 2.34. The van der Waals surface area contributed by atoms with Crippen molar-refractivity contribution in [1.29, 1.82) is 0 Å². The van der Waals surface area contributed by atoms with Gasteiger partial charge in [0, 0.05) is 11.6 Å². The topological polar surface area (TPSA) is 75.4 Å². The number of hydrogen-bond donors (Lipinski definition) is 3. The van der Waals surface area contributed by atoms with Gasteiger partial charge in [-0.2, -0.15) is 0 Å². The molecule has 2 rings (SSSR count). The first-order valence-electron chi connectivity index (χ1n) is 5.16. The lowest BCUT2D eigenvalue weighted by atomic mass is 9.97. The van der Waals surface area contributed by atoms with Gasteiger partial charge in [-0.05, 0) is 31.5 Å². The molecule has 4 N–H and O–H groups in total. The van der Waals surface area contributed by atoms with Gasteiger partial charge in [-0.15, -0.1) is 0 Å². The molecule has 16 heavy (non-hydrogen) atoms. The lowest BCUT2D eigenvalue weighted by Crippen LogP contribution is -2.18. The van der Waals surface area contributed by atoms with Gasteiger partial charge in [-0.25, -0.2) is 4.79 Å². The summed E-state index contributed by atoms with van der Waals surface area (Å²) in [5.41, 5.74) is 7.10. The third kappa shape index (κ3) is 1.86. The van der Waals surface area contributed by atoms with Crippen LogP contribution in [-0.2, 0) is 0 Å². The van der Waals surface area contributed by atoms with Crippen LogP contribution < -0.4 is 11.1 Å². The van der Waals surface area contributed by atoms with Crippen molar-refractivity contribution in [3.05, 3.63) is 28.3 Å². The van der Waals surface area contributed by atoms with Crippen LogP contribution in [0.2, 0.25) is 5.02 Å². The van der Waals surface area contributed by atoms with Crippen LogP contribution in [0.1, 0.15) is 34.8 Å². The average molecular weight is 241 g/mol. The van der Waals surface area contributed by atoms with E-state index in [1.54, 1.807) is 0 Å². The van der Waals surface area contributed by atoms with E-state index in [9.17, 15) is 4.79 Å². The summed E-state index contributed by atoms with van der Waals surface area (Å²) >= 11 is 5.92. The first-order chi connectivity index (χ1) is 7.61. The second kappa shape index (κ2) is 4.31. The molecule has 1 saturated heterocycles. The van der Waals surface area contributed by atoms with Gasteiger partial charge in [0.1, 0.15) is 0 Å². The zero-order valence-electron chi connectivity index (χ0n) is 8.66. The fraction of sp³-hybridized carbons (Fsp3) is 0.364. The zero-order chi connectivity index (χ0) is 11.7. The summed E-state index contributed by atoms with van der Waals surface area (Å²) < 4.78 is 0. The Kier molecular flexibility index (Phi) is 3.03. The molecule has 1 aromatic rings. The molecular weight excluding hydrogens is 228 g/mol. The van der Waals surface area contributed by atoms with Crippen molar-refractivity contribution >= 4 is 23.3 Å². The standard InChI is InChI=1S/C11H13ClN2O2/c12-7-4-3-6(11(15)16)9(10(7)13)8-2-1-5-14-8/h3-4,8,14H,1-2,5,13H2,(H,15,16)/t8-/m0/s1. The Balaban J connectivity index is 2.53. The summed E-state index contributed by atoms with van der Waals surface area (Å²) in [5, 5.41) is 12.8. The first-order valence-corrected chi connectivity index (χ1v) is 5.53. The molecule has 1 aliphatic rings. The molecule has 5 heteroatoms. The molecule has 0 bridgehead atoms. The summed E-state index contributed by atoms with van der Waals surface area (Å²) in [7, 11) is 0. The predicted octanol–water partition coefficient (Wildman–Crippen LogP) is 2.04. The van der Waals surface area contributed by atoms with Crippen LogP contribution >= 0.6 is 11.6 Å². The van der Waals surface area contributed by atoms with Crippen LogP contribution in [0.4, 0.5) is 5.69 Å². The van der Waals surface area contributed by atoms with Crippen molar-refractivity contribution in [2.75, 3.05) is 12.3 Å². The number of nitrogen functional groups attached to an aromatic ring is 1. The Morgan fingerprint density at radius 2 is 2.31 bits per heavy atom. The van der Waals surface area contributed by atoms with E-state index in [1.807, 2.05) is 0 Å². The molecule has 0 saturated carbocycles. The molecule has 0 aliphatic carbocycles. The lowest BCUT2D eigenvalue weighted by Gasteiger charge is -2.17. The Morgan fingerprint density at radius 3 is 2.88 bits per heavy atom. The fourth-order valence-electron chi connectivity index (χ4n) is 2.10. The Labute approximate surface area is 98.4 Å². The molecule has 4 nitrogen and oxygen atoms in total. The van der Waals surface area contributed by atoms with Gasteiger partial charge in [0.2, 0.25) is 0 Å². The minimum Gasteiger partial charge on any atom is -0.478 e. The summed E-state index contributed by atoms with van der Waals surface area (Å²) in [5.74, 6) is -0.966. The van der Waals surface area contributed by atoms with Gasteiger partial charge in [0.05, 0.1) is 16.3 Å². The molecule has 1 fully saturated rings. The number of anilines is 1. The van der Waals surface area contributed by atoms with E-state index in [0.717, 1.165) is 19.4 Å². The van der Waals surface area contributed by atoms with Crippen molar-refractivity contribution in [2.45, 2.75) is 18.9 Å². The number of halogens is 1. The van der Waals surface area contributed by atoms with Gasteiger partial charge in [0.15, 0.2) is 0 Å². The second-order valence-electron chi connectivity index (χ2n) is 3.88. The van der Waals surface area contributed by atoms with Crippen LogP contribution in [-0.4, -0.2) is 17.6 Å². The zero-order valence-corrected chi connectivity index (χ0v) is 9.42. The molecule has 1 atom stereocenters. The predicted molar refractivity (Wildman–Crippen MR) is 62.8 cm³/mol. The first kappa shape index (κ1) is 11.2. The van der Waals surface area contributed by atoms with E-state index in [4.69, 9.17) is 22.4 Å². The number of carboxylic acid groups (broad SMARTS) is 1. The van der Waals surface area contributed by atoms with E-state index >= 15 is 0 Å². The number of nitrogens with two attached hydrogens (primary N) is 1. The molecule has 0 unspecified atom stereocenters. The van der Waals surface area contributed by atoms with Crippen LogP contribution in [0.15, 0.2) is 12.1 Å². The Bertz CT molecular complexity index is 428. The third-order valence-corrected chi connectivity index (χ3v) is 3.20. The Hall–Kier alpha value is -1.26. The maximum absolute atomic E-state index is 11.1. The number of rotatable bonds is 2. The van der Waals surface area contributed by atoms with Crippen molar-refractivity contribution in [2.24, 2.45) is 0 Å². The molecule has 0 radical (unpaired) electrons. The van der Waals surface area contributed by atoms with E-state index < -0.39 is 5.97 Å². The number of nitrogens with one attached hydrogen (secondary N) is 1. The highest BCUT2D eigenvalue weighted by atomic mass is 35.5.